The molecular weight excluding hydrogens is 296 g/mol. The molecule has 0 bridgehead atoms. The molecule has 0 atom stereocenters. The predicted octanol–water partition coefficient (Wildman–Crippen LogP) is 2.86. The Morgan fingerprint density at radius 1 is 1.05 bits per heavy atom. The summed E-state index contributed by atoms with van der Waals surface area (Å²) in [6, 6.07) is 14.2. The maximum Gasteiger partial charge on any atom is 0.242 e. The number of hydrogen-bond donors (Lipinski definition) is 2. The molecule has 0 amide bonds. The third-order valence-corrected chi connectivity index (χ3v) is 4.71. The minimum absolute atomic E-state index is 0.217. The highest BCUT2D eigenvalue weighted by Crippen LogP contribution is 2.22. The van der Waals surface area contributed by atoms with Crippen molar-refractivity contribution in [2.24, 2.45) is 0 Å². The zero-order valence-corrected chi connectivity index (χ0v) is 12.5. The molecule has 2 aromatic rings. The lowest BCUT2D eigenvalue weighted by molar-refractivity contribution is 0.588. The van der Waals surface area contributed by atoms with Crippen LogP contribution in [0.4, 0.5) is 5.69 Å². The van der Waals surface area contributed by atoms with Crippen LogP contribution in [-0.2, 0) is 16.6 Å². The minimum Gasteiger partial charge on any atom is -0.380 e. The average Bonchev–Trinajstić information content (AvgIpc) is 2.47. The number of anilines is 1. The molecule has 0 unspecified atom stereocenters. The Kier molecular flexibility index (Phi) is 4.65. The average molecular weight is 311 g/mol. The summed E-state index contributed by atoms with van der Waals surface area (Å²) in [5.74, 6) is 0. The van der Waals surface area contributed by atoms with Gasteiger partial charge in [0.05, 0.1) is 5.69 Å². The molecule has 0 aromatic heterocycles. The summed E-state index contributed by atoms with van der Waals surface area (Å²) in [6.45, 7) is 0.454. The fraction of sp³-hybridized carbons (Fsp3) is 0.143. The Bertz CT molecular complexity index is 702. The number of halogens is 1. The maximum atomic E-state index is 11.9. The molecule has 0 heterocycles. The smallest absolute Gasteiger partial charge is 0.242 e. The van der Waals surface area contributed by atoms with E-state index in [0.717, 1.165) is 5.56 Å². The van der Waals surface area contributed by atoms with E-state index in [2.05, 4.69) is 10.0 Å². The molecule has 0 saturated heterocycles. The molecule has 0 aliphatic carbocycles. The summed E-state index contributed by atoms with van der Waals surface area (Å²) in [5.41, 5.74) is 1.45. The van der Waals surface area contributed by atoms with Gasteiger partial charge in [-0.05, 0) is 30.8 Å². The highest BCUT2D eigenvalue weighted by Gasteiger charge is 2.15. The van der Waals surface area contributed by atoms with E-state index >= 15 is 0 Å². The van der Waals surface area contributed by atoms with Crippen molar-refractivity contribution in [1.82, 2.24) is 4.72 Å². The van der Waals surface area contributed by atoms with Crippen LogP contribution in [0.2, 0.25) is 5.02 Å². The molecule has 2 rings (SSSR count). The van der Waals surface area contributed by atoms with Crippen LogP contribution in [0.3, 0.4) is 0 Å². The van der Waals surface area contributed by atoms with Crippen molar-refractivity contribution >= 4 is 27.3 Å². The summed E-state index contributed by atoms with van der Waals surface area (Å²) in [6.07, 6.45) is 0. The van der Waals surface area contributed by atoms with E-state index in [0.29, 0.717) is 17.3 Å². The lowest BCUT2D eigenvalue weighted by Gasteiger charge is -2.12. The van der Waals surface area contributed by atoms with E-state index in [-0.39, 0.29) is 4.90 Å². The van der Waals surface area contributed by atoms with Crippen LogP contribution < -0.4 is 10.0 Å². The van der Waals surface area contributed by atoms with Gasteiger partial charge in [-0.15, -0.1) is 0 Å². The standard InChI is InChI=1S/C14H15ClN2O2S/c1-16-20(18,19)14-9-5-4-8-13(14)17-10-11-6-2-3-7-12(11)15/h2-9,16-17H,10H2,1H3. The molecule has 0 spiro atoms. The number of hydrogen-bond acceptors (Lipinski definition) is 3. The van der Waals surface area contributed by atoms with Gasteiger partial charge in [-0.1, -0.05) is 41.9 Å². The van der Waals surface area contributed by atoms with Crippen LogP contribution in [0.25, 0.3) is 0 Å². The third kappa shape index (κ3) is 3.30. The van der Waals surface area contributed by atoms with Gasteiger partial charge in [0.25, 0.3) is 0 Å². The molecule has 0 saturated carbocycles. The Balaban J connectivity index is 2.25. The van der Waals surface area contributed by atoms with E-state index in [4.69, 9.17) is 11.6 Å². The van der Waals surface area contributed by atoms with Crippen molar-refractivity contribution in [3.63, 3.8) is 0 Å². The summed E-state index contributed by atoms with van der Waals surface area (Å²) in [5, 5.41) is 3.75. The van der Waals surface area contributed by atoms with Crippen molar-refractivity contribution in [3.05, 3.63) is 59.1 Å². The summed E-state index contributed by atoms with van der Waals surface area (Å²) in [4.78, 5) is 0.217. The van der Waals surface area contributed by atoms with Gasteiger partial charge in [-0.25, -0.2) is 13.1 Å². The predicted molar refractivity (Wildman–Crippen MR) is 81.5 cm³/mol. The SMILES string of the molecule is CNS(=O)(=O)c1ccccc1NCc1ccccc1Cl. The lowest BCUT2D eigenvalue weighted by atomic mass is 10.2. The lowest BCUT2D eigenvalue weighted by Crippen LogP contribution is -2.20. The van der Waals surface area contributed by atoms with Crippen LogP contribution in [0.15, 0.2) is 53.4 Å². The second-order valence-corrected chi connectivity index (χ2v) is 6.41. The molecule has 4 nitrogen and oxygen atoms in total. The molecule has 20 heavy (non-hydrogen) atoms. The Morgan fingerprint density at radius 2 is 1.70 bits per heavy atom. The van der Waals surface area contributed by atoms with Gasteiger partial charge in [-0.2, -0.15) is 0 Å². The summed E-state index contributed by atoms with van der Waals surface area (Å²) < 4.78 is 26.2. The van der Waals surface area contributed by atoms with Crippen molar-refractivity contribution in [1.29, 1.82) is 0 Å². The first kappa shape index (κ1) is 14.8. The Morgan fingerprint density at radius 3 is 2.40 bits per heavy atom. The van der Waals surface area contributed by atoms with Gasteiger partial charge in [0, 0.05) is 11.6 Å². The molecule has 0 aliphatic heterocycles. The molecule has 6 heteroatoms. The van der Waals surface area contributed by atoms with Crippen LogP contribution in [0.5, 0.6) is 0 Å². The fourth-order valence-corrected chi connectivity index (χ4v) is 2.90. The molecule has 2 N–H and O–H groups in total. The largest absolute Gasteiger partial charge is 0.380 e. The Labute approximate surface area is 123 Å². The van der Waals surface area contributed by atoms with Crippen LogP contribution >= 0.6 is 11.6 Å². The summed E-state index contributed by atoms with van der Waals surface area (Å²) in [7, 11) is -2.10. The molecule has 106 valence electrons. The van der Waals surface area contributed by atoms with E-state index in [1.165, 1.54) is 7.05 Å². The second kappa shape index (κ2) is 6.26. The van der Waals surface area contributed by atoms with Gasteiger partial charge >= 0.3 is 0 Å². The number of rotatable bonds is 5. The van der Waals surface area contributed by atoms with Crippen LogP contribution in [0.1, 0.15) is 5.56 Å². The molecule has 0 radical (unpaired) electrons. The zero-order valence-electron chi connectivity index (χ0n) is 10.9. The van der Waals surface area contributed by atoms with Crippen LogP contribution in [-0.4, -0.2) is 15.5 Å². The van der Waals surface area contributed by atoms with Crippen molar-refractivity contribution in [2.75, 3.05) is 12.4 Å². The van der Waals surface area contributed by atoms with Crippen molar-refractivity contribution in [2.45, 2.75) is 11.4 Å². The normalized spacial score (nSPS) is 11.3. The number of benzene rings is 2. The molecule has 2 aromatic carbocycles. The molecule has 0 fully saturated rings. The topological polar surface area (TPSA) is 58.2 Å². The van der Waals surface area contributed by atoms with Gasteiger partial charge in [0.1, 0.15) is 4.90 Å². The van der Waals surface area contributed by atoms with E-state index in [9.17, 15) is 8.42 Å². The van der Waals surface area contributed by atoms with Crippen LogP contribution in [0, 0.1) is 0 Å². The van der Waals surface area contributed by atoms with Crippen molar-refractivity contribution < 1.29 is 8.42 Å². The first-order valence-electron chi connectivity index (χ1n) is 6.04. The van der Waals surface area contributed by atoms with Crippen molar-refractivity contribution in [3.8, 4) is 0 Å². The first-order valence-corrected chi connectivity index (χ1v) is 7.90. The number of nitrogens with one attached hydrogen (secondary N) is 2. The van der Waals surface area contributed by atoms with E-state index in [1.54, 1.807) is 30.3 Å². The van der Waals surface area contributed by atoms with Gasteiger partial charge in [0.15, 0.2) is 0 Å². The quantitative estimate of drug-likeness (QED) is 0.893. The first-order chi connectivity index (χ1) is 9.54. The van der Waals surface area contributed by atoms with Gasteiger partial charge < -0.3 is 5.32 Å². The van der Waals surface area contributed by atoms with E-state index < -0.39 is 10.0 Å². The molecular formula is C14H15ClN2O2S. The summed E-state index contributed by atoms with van der Waals surface area (Å²) >= 11 is 6.08. The highest BCUT2D eigenvalue weighted by molar-refractivity contribution is 7.89. The van der Waals surface area contributed by atoms with E-state index in [1.807, 2.05) is 18.2 Å². The fourth-order valence-electron chi connectivity index (χ4n) is 1.79. The number of sulfonamides is 1. The minimum atomic E-state index is -3.49. The second-order valence-electron chi connectivity index (χ2n) is 4.15. The highest BCUT2D eigenvalue weighted by atomic mass is 35.5. The third-order valence-electron chi connectivity index (χ3n) is 2.87. The van der Waals surface area contributed by atoms with Gasteiger partial charge in [-0.3, -0.25) is 0 Å². The number of para-hydroxylation sites is 1. The Hall–Kier alpha value is -1.56. The zero-order chi connectivity index (χ0) is 14.6. The maximum absolute atomic E-state index is 11.9. The monoisotopic (exact) mass is 310 g/mol. The van der Waals surface area contributed by atoms with Gasteiger partial charge in [0.2, 0.25) is 10.0 Å². The molecule has 0 aliphatic rings.